The summed E-state index contributed by atoms with van der Waals surface area (Å²) in [5, 5.41) is 3.84. The van der Waals surface area contributed by atoms with Crippen LogP contribution < -0.4 is 5.32 Å². The van der Waals surface area contributed by atoms with E-state index >= 15 is 0 Å². The predicted octanol–water partition coefficient (Wildman–Crippen LogP) is 4.00. The van der Waals surface area contributed by atoms with Gasteiger partial charge in [-0.25, -0.2) is 0 Å². The van der Waals surface area contributed by atoms with Crippen LogP contribution in [0.1, 0.15) is 65.7 Å². The molecule has 0 aliphatic heterocycles. The average molecular weight is 267 g/mol. The zero-order chi connectivity index (χ0) is 13.9. The summed E-state index contributed by atoms with van der Waals surface area (Å²) in [6.45, 7) is 8.25. The van der Waals surface area contributed by atoms with E-state index in [0.29, 0.717) is 6.04 Å². The van der Waals surface area contributed by atoms with Gasteiger partial charge in [-0.15, -0.1) is 0 Å². The van der Waals surface area contributed by atoms with Crippen LogP contribution in [0.15, 0.2) is 0 Å². The van der Waals surface area contributed by atoms with E-state index < -0.39 is 0 Å². The van der Waals surface area contributed by atoms with Crippen molar-refractivity contribution in [3.63, 3.8) is 0 Å². The van der Waals surface area contributed by atoms with Gasteiger partial charge in [-0.2, -0.15) is 0 Å². The van der Waals surface area contributed by atoms with Gasteiger partial charge in [-0.3, -0.25) is 0 Å². The molecule has 2 aliphatic carbocycles. The second-order valence-corrected chi connectivity index (χ2v) is 7.08. The van der Waals surface area contributed by atoms with Gasteiger partial charge < -0.3 is 10.1 Å². The van der Waals surface area contributed by atoms with E-state index in [-0.39, 0.29) is 5.60 Å². The molecule has 4 unspecified atom stereocenters. The highest BCUT2D eigenvalue weighted by Gasteiger charge is 2.48. The van der Waals surface area contributed by atoms with Gasteiger partial charge >= 0.3 is 0 Å². The van der Waals surface area contributed by atoms with Crippen LogP contribution in [0.2, 0.25) is 0 Å². The van der Waals surface area contributed by atoms with Crippen molar-refractivity contribution in [2.45, 2.75) is 77.4 Å². The average Bonchev–Trinajstić information content (AvgIpc) is 2.36. The van der Waals surface area contributed by atoms with E-state index in [1.165, 1.54) is 44.9 Å². The van der Waals surface area contributed by atoms with Gasteiger partial charge in [0, 0.05) is 13.2 Å². The Bertz CT molecular complexity index is 269. The highest BCUT2D eigenvalue weighted by molar-refractivity contribution is 5.03. The Balaban J connectivity index is 2.04. The van der Waals surface area contributed by atoms with Gasteiger partial charge in [-0.05, 0) is 62.8 Å². The zero-order valence-electron chi connectivity index (χ0n) is 13.4. The Hall–Kier alpha value is -0.0800. The van der Waals surface area contributed by atoms with Crippen LogP contribution in [0.3, 0.4) is 0 Å². The summed E-state index contributed by atoms with van der Waals surface area (Å²) in [6.07, 6.45) is 9.24. The smallest absolute Gasteiger partial charge is 0.0833 e. The Morgan fingerprint density at radius 1 is 1.21 bits per heavy atom. The van der Waals surface area contributed by atoms with Gasteiger partial charge in [0.2, 0.25) is 0 Å². The van der Waals surface area contributed by atoms with E-state index in [1.54, 1.807) is 0 Å². The highest BCUT2D eigenvalue weighted by Crippen LogP contribution is 2.45. The van der Waals surface area contributed by atoms with Gasteiger partial charge in [0.05, 0.1) is 5.60 Å². The topological polar surface area (TPSA) is 21.3 Å². The molecule has 2 heteroatoms. The van der Waals surface area contributed by atoms with E-state index in [2.05, 4.69) is 26.1 Å². The molecule has 19 heavy (non-hydrogen) atoms. The zero-order valence-corrected chi connectivity index (χ0v) is 13.4. The molecule has 1 N–H and O–H groups in total. The largest absolute Gasteiger partial charge is 0.377 e. The first-order valence-electron chi connectivity index (χ1n) is 8.41. The van der Waals surface area contributed by atoms with Crippen molar-refractivity contribution in [3.8, 4) is 0 Å². The van der Waals surface area contributed by atoms with E-state index in [0.717, 1.165) is 24.3 Å². The fourth-order valence-electron chi connectivity index (χ4n) is 4.14. The number of hydrogen-bond donors (Lipinski definition) is 1. The second kappa shape index (κ2) is 6.58. The Kier molecular flexibility index (Phi) is 5.30. The number of rotatable bonds is 6. The molecule has 2 saturated carbocycles. The van der Waals surface area contributed by atoms with Crippen LogP contribution in [0.4, 0.5) is 0 Å². The maximum Gasteiger partial charge on any atom is 0.0833 e. The summed E-state index contributed by atoms with van der Waals surface area (Å²) in [7, 11) is 1.93. The molecule has 0 aromatic rings. The molecule has 0 spiro atoms. The Labute approximate surface area is 119 Å². The molecule has 4 atom stereocenters. The number of ether oxygens (including phenoxy) is 1. The lowest BCUT2D eigenvalue weighted by atomic mass is 9.64. The normalized spacial score (nSPS) is 35.7. The molecule has 0 aromatic carbocycles. The maximum atomic E-state index is 5.99. The summed E-state index contributed by atoms with van der Waals surface area (Å²) in [6, 6.07) is 0.584. The molecule has 0 saturated heterocycles. The molecule has 0 heterocycles. The van der Waals surface area contributed by atoms with Crippen LogP contribution in [0, 0.1) is 17.8 Å². The van der Waals surface area contributed by atoms with Gasteiger partial charge in [0.15, 0.2) is 0 Å². The second-order valence-electron chi connectivity index (χ2n) is 7.08. The molecule has 0 radical (unpaired) electrons. The minimum atomic E-state index is 0.153. The maximum absolute atomic E-state index is 5.99. The first-order valence-corrected chi connectivity index (χ1v) is 8.41. The molecule has 0 aromatic heterocycles. The van der Waals surface area contributed by atoms with Crippen LogP contribution >= 0.6 is 0 Å². The SMILES string of the molecule is CCCNC(C1CCC(C)C(C)C1)C1(OC)CCC1. The Morgan fingerprint density at radius 2 is 1.95 bits per heavy atom. The fraction of sp³-hybridized carbons (Fsp3) is 1.00. The number of nitrogens with one attached hydrogen (secondary N) is 1. The quantitative estimate of drug-likeness (QED) is 0.785. The lowest BCUT2D eigenvalue weighted by Crippen LogP contribution is -2.60. The third kappa shape index (κ3) is 3.16. The lowest BCUT2D eigenvalue weighted by Gasteiger charge is -2.51. The van der Waals surface area contributed by atoms with Crippen molar-refractivity contribution in [1.29, 1.82) is 0 Å². The molecule has 2 aliphatic rings. The summed E-state index contributed by atoms with van der Waals surface area (Å²) < 4.78 is 5.99. The van der Waals surface area contributed by atoms with E-state index in [9.17, 15) is 0 Å². The Morgan fingerprint density at radius 3 is 2.42 bits per heavy atom. The first-order chi connectivity index (χ1) is 9.13. The molecular weight excluding hydrogens is 234 g/mol. The molecule has 0 amide bonds. The number of hydrogen-bond acceptors (Lipinski definition) is 2. The monoisotopic (exact) mass is 267 g/mol. The molecule has 112 valence electrons. The van der Waals surface area contributed by atoms with Gasteiger partial charge in [0.1, 0.15) is 0 Å². The van der Waals surface area contributed by atoms with Crippen LogP contribution in [0.5, 0.6) is 0 Å². The third-order valence-electron chi connectivity index (χ3n) is 5.90. The molecule has 2 fully saturated rings. The fourth-order valence-corrected chi connectivity index (χ4v) is 4.14. The third-order valence-corrected chi connectivity index (χ3v) is 5.90. The predicted molar refractivity (Wildman–Crippen MR) is 81.3 cm³/mol. The van der Waals surface area contributed by atoms with Gasteiger partial charge in [-0.1, -0.05) is 27.2 Å². The van der Waals surface area contributed by atoms with Crippen molar-refractivity contribution in [1.82, 2.24) is 5.32 Å². The summed E-state index contributed by atoms with van der Waals surface area (Å²) >= 11 is 0. The summed E-state index contributed by atoms with van der Waals surface area (Å²) in [4.78, 5) is 0. The lowest BCUT2D eigenvalue weighted by molar-refractivity contribution is -0.117. The van der Waals surface area contributed by atoms with E-state index in [4.69, 9.17) is 4.74 Å². The molecule has 2 nitrogen and oxygen atoms in total. The summed E-state index contributed by atoms with van der Waals surface area (Å²) in [5.41, 5.74) is 0.153. The van der Waals surface area contributed by atoms with Crippen molar-refractivity contribution in [2.75, 3.05) is 13.7 Å². The minimum absolute atomic E-state index is 0.153. The van der Waals surface area contributed by atoms with Crippen molar-refractivity contribution >= 4 is 0 Å². The van der Waals surface area contributed by atoms with Crippen molar-refractivity contribution in [3.05, 3.63) is 0 Å². The van der Waals surface area contributed by atoms with Crippen molar-refractivity contribution in [2.24, 2.45) is 17.8 Å². The first kappa shape index (κ1) is 15.3. The van der Waals surface area contributed by atoms with E-state index in [1.807, 2.05) is 7.11 Å². The van der Waals surface area contributed by atoms with Crippen LogP contribution in [-0.4, -0.2) is 25.3 Å². The molecule has 0 bridgehead atoms. The highest BCUT2D eigenvalue weighted by atomic mass is 16.5. The van der Waals surface area contributed by atoms with Crippen LogP contribution in [-0.2, 0) is 4.74 Å². The molecule has 2 rings (SSSR count). The van der Waals surface area contributed by atoms with Gasteiger partial charge in [0.25, 0.3) is 0 Å². The number of methoxy groups -OCH3 is 1. The van der Waals surface area contributed by atoms with Crippen molar-refractivity contribution < 1.29 is 4.74 Å². The molecular formula is C17H33NO. The minimum Gasteiger partial charge on any atom is -0.377 e. The standard InChI is InChI=1S/C17H33NO/c1-5-11-18-16(17(19-4)9-6-10-17)15-8-7-13(2)14(3)12-15/h13-16,18H,5-12H2,1-4H3. The van der Waals surface area contributed by atoms with Crippen LogP contribution in [0.25, 0.3) is 0 Å². The summed E-state index contributed by atoms with van der Waals surface area (Å²) in [5.74, 6) is 2.60.